The summed E-state index contributed by atoms with van der Waals surface area (Å²) < 4.78 is 0. The Bertz CT molecular complexity index is 276. The Morgan fingerprint density at radius 2 is 2.33 bits per heavy atom. The van der Waals surface area contributed by atoms with Gasteiger partial charge in [0.25, 0.3) is 0 Å². The molecule has 0 spiro atoms. The molecule has 1 aromatic rings. The van der Waals surface area contributed by atoms with Crippen molar-refractivity contribution in [1.29, 1.82) is 0 Å². The lowest BCUT2D eigenvalue weighted by molar-refractivity contribution is 0.0963. The predicted molar refractivity (Wildman–Crippen MR) is 47.1 cm³/mol. The number of hydrogen-bond donors (Lipinski definition) is 1. The number of aryl methyl sites for hydroxylation is 1. The maximum Gasteiger partial charge on any atom is 0.183 e. The van der Waals surface area contributed by atoms with Crippen molar-refractivity contribution in [3.8, 4) is 0 Å². The molecule has 0 fully saturated rings. The summed E-state index contributed by atoms with van der Waals surface area (Å²) >= 11 is 0. The van der Waals surface area contributed by atoms with Crippen molar-refractivity contribution in [2.75, 3.05) is 0 Å². The van der Waals surface area contributed by atoms with Crippen LogP contribution < -0.4 is 0 Å². The minimum atomic E-state index is 0.120. The first-order valence-corrected chi connectivity index (χ1v) is 4.15. The summed E-state index contributed by atoms with van der Waals surface area (Å²) in [6.07, 6.45) is 0.574. The zero-order chi connectivity index (χ0) is 9.14. The fourth-order valence-electron chi connectivity index (χ4n) is 1.04. The number of nitrogens with zero attached hydrogens (tertiary/aromatic N) is 1. The zero-order valence-electron chi connectivity index (χ0n) is 7.72. The molecule has 3 nitrogen and oxygen atoms in total. The van der Waals surface area contributed by atoms with Gasteiger partial charge in [-0.3, -0.25) is 9.89 Å². The van der Waals surface area contributed by atoms with Crippen LogP contribution in [0.1, 0.15) is 36.5 Å². The highest BCUT2D eigenvalue weighted by Crippen LogP contribution is 2.07. The summed E-state index contributed by atoms with van der Waals surface area (Å²) in [6.45, 7) is 5.94. The van der Waals surface area contributed by atoms with Gasteiger partial charge in [0, 0.05) is 12.1 Å². The van der Waals surface area contributed by atoms with Crippen LogP contribution >= 0.6 is 0 Å². The maximum absolute atomic E-state index is 11.4. The molecule has 1 rings (SSSR count). The van der Waals surface area contributed by atoms with Gasteiger partial charge < -0.3 is 0 Å². The minimum Gasteiger partial charge on any atom is -0.292 e. The zero-order valence-corrected chi connectivity index (χ0v) is 7.72. The lowest BCUT2D eigenvalue weighted by atomic mass is 10.1. The summed E-state index contributed by atoms with van der Waals surface area (Å²) in [4.78, 5) is 11.4. The van der Waals surface area contributed by atoms with Gasteiger partial charge in [-0.25, -0.2) is 0 Å². The van der Waals surface area contributed by atoms with Crippen LogP contribution in [0.4, 0.5) is 0 Å². The van der Waals surface area contributed by atoms with E-state index in [1.54, 1.807) is 6.07 Å². The Morgan fingerprint density at radius 1 is 1.67 bits per heavy atom. The number of H-pyrrole nitrogens is 1. The number of carbonyl (C=O) groups is 1. The van der Waals surface area contributed by atoms with E-state index in [1.165, 1.54) is 0 Å². The van der Waals surface area contributed by atoms with Crippen molar-refractivity contribution in [3.63, 3.8) is 0 Å². The van der Waals surface area contributed by atoms with E-state index >= 15 is 0 Å². The van der Waals surface area contributed by atoms with Crippen molar-refractivity contribution in [1.82, 2.24) is 10.2 Å². The van der Waals surface area contributed by atoms with E-state index in [0.29, 0.717) is 18.0 Å². The molecule has 0 amide bonds. The highest BCUT2D eigenvalue weighted by molar-refractivity contribution is 5.94. The summed E-state index contributed by atoms with van der Waals surface area (Å²) in [5, 5.41) is 6.65. The van der Waals surface area contributed by atoms with Crippen LogP contribution in [0.5, 0.6) is 0 Å². The third-order valence-electron chi connectivity index (χ3n) is 1.59. The van der Waals surface area contributed by atoms with Gasteiger partial charge in [-0.1, -0.05) is 13.8 Å². The molecule has 1 aromatic heterocycles. The van der Waals surface area contributed by atoms with E-state index in [0.717, 1.165) is 5.69 Å². The number of carbonyl (C=O) groups excluding carboxylic acids is 1. The van der Waals surface area contributed by atoms with Gasteiger partial charge in [-0.05, 0) is 18.9 Å². The fourth-order valence-corrected chi connectivity index (χ4v) is 1.04. The van der Waals surface area contributed by atoms with Crippen LogP contribution in [0.3, 0.4) is 0 Å². The first-order chi connectivity index (χ1) is 5.59. The molecule has 0 aliphatic rings. The molecule has 0 saturated heterocycles. The molecule has 12 heavy (non-hydrogen) atoms. The molecule has 1 heterocycles. The monoisotopic (exact) mass is 166 g/mol. The molecule has 0 aliphatic heterocycles. The molecule has 0 atom stereocenters. The largest absolute Gasteiger partial charge is 0.292 e. The van der Waals surface area contributed by atoms with Gasteiger partial charge >= 0.3 is 0 Å². The minimum absolute atomic E-state index is 0.120. The number of aromatic nitrogens is 2. The van der Waals surface area contributed by atoms with Gasteiger partial charge in [0.2, 0.25) is 0 Å². The van der Waals surface area contributed by atoms with Gasteiger partial charge in [0.1, 0.15) is 5.69 Å². The topological polar surface area (TPSA) is 45.8 Å². The number of nitrogens with one attached hydrogen (secondary N) is 1. The van der Waals surface area contributed by atoms with Crippen LogP contribution in [0, 0.1) is 12.8 Å². The fraction of sp³-hybridized carbons (Fsp3) is 0.556. The quantitative estimate of drug-likeness (QED) is 0.697. The average molecular weight is 166 g/mol. The predicted octanol–water partition coefficient (Wildman–Crippen LogP) is 1.95. The molecule has 0 bridgehead atoms. The van der Waals surface area contributed by atoms with E-state index in [4.69, 9.17) is 0 Å². The summed E-state index contributed by atoms with van der Waals surface area (Å²) in [5.41, 5.74) is 1.49. The molecule has 1 N–H and O–H groups in total. The normalized spacial score (nSPS) is 10.7. The van der Waals surface area contributed by atoms with E-state index in [2.05, 4.69) is 10.2 Å². The van der Waals surface area contributed by atoms with Crippen LogP contribution in [-0.4, -0.2) is 16.0 Å². The molecule has 0 unspecified atom stereocenters. The van der Waals surface area contributed by atoms with Crippen LogP contribution in [-0.2, 0) is 0 Å². The van der Waals surface area contributed by atoms with E-state index in [-0.39, 0.29) is 5.78 Å². The Labute approximate surface area is 72.2 Å². The molecule has 0 radical (unpaired) electrons. The number of aromatic amines is 1. The van der Waals surface area contributed by atoms with Crippen LogP contribution in [0.25, 0.3) is 0 Å². The van der Waals surface area contributed by atoms with Crippen molar-refractivity contribution in [2.45, 2.75) is 27.2 Å². The summed E-state index contributed by atoms with van der Waals surface area (Å²) in [5.74, 6) is 0.517. The first kappa shape index (κ1) is 8.97. The lowest BCUT2D eigenvalue weighted by Crippen LogP contribution is -2.03. The molecular formula is C9H14N2O. The number of hydrogen-bond acceptors (Lipinski definition) is 2. The number of ketones is 1. The molecule has 3 heteroatoms. The molecule has 0 aliphatic carbocycles. The number of rotatable bonds is 3. The highest BCUT2D eigenvalue weighted by Gasteiger charge is 2.10. The van der Waals surface area contributed by atoms with E-state index in [9.17, 15) is 4.79 Å². The van der Waals surface area contributed by atoms with Crippen LogP contribution in [0.2, 0.25) is 0 Å². The Morgan fingerprint density at radius 3 is 2.75 bits per heavy atom. The summed E-state index contributed by atoms with van der Waals surface area (Å²) in [7, 11) is 0. The summed E-state index contributed by atoms with van der Waals surface area (Å²) in [6, 6.07) is 1.78. The SMILES string of the molecule is Cc1cc(C(=O)CC(C)C)n[nH]1. The molecular weight excluding hydrogens is 152 g/mol. The second kappa shape index (κ2) is 3.52. The Kier molecular flexibility index (Phi) is 2.63. The van der Waals surface area contributed by atoms with Gasteiger partial charge in [-0.2, -0.15) is 5.10 Å². The third kappa shape index (κ3) is 2.19. The third-order valence-corrected chi connectivity index (χ3v) is 1.59. The second-order valence-corrected chi connectivity index (χ2v) is 3.46. The maximum atomic E-state index is 11.4. The smallest absolute Gasteiger partial charge is 0.183 e. The van der Waals surface area contributed by atoms with Gasteiger partial charge in [-0.15, -0.1) is 0 Å². The highest BCUT2D eigenvalue weighted by atomic mass is 16.1. The first-order valence-electron chi connectivity index (χ1n) is 4.15. The van der Waals surface area contributed by atoms with Crippen molar-refractivity contribution >= 4 is 5.78 Å². The van der Waals surface area contributed by atoms with E-state index < -0.39 is 0 Å². The molecule has 0 aromatic carbocycles. The van der Waals surface area contributed by atoms with Gasteiger partial charge in [0.05, 0.1) is 0 Å². The Hall–Kier alpha value is -1.12. The number of Topliss-reactive ketones (excluding diaryl/α,β-unsaturated/α-hetero) is 1. The Balaban J connectivity index is 2.65. The van der Waals surface area contributed by atoms with Crippen molar-refractivity contribution in [3.05, 3.63) is 17.5 Å². The lowest BCUT2D eigenvalue weighted by Gasteiger charge is -1.99. The second-order valence-electron chi connectivity index (χ2n) is 3.46. The van der Waals surface area contributed by atoms with Gasteiger partial charge in [0.15, 0.2) is 5.78 Å². The average Bonchev–Trinajstić information content (AvgIpc) is 2.34. The molecule has 66 valence electrons. The van der Waals surface area contributed by atoms with Crippen molar-refractivity contribution < 1.29 is 4.79 Å². The molecule has 0 saturated carbocycles. The van der Waals surface area contributed by atoms with E-state index in [1.807, 2.05) is 20.8 Å². The van der Waals surface area contributed by atoms with Crippen molar-refractivity contribution in [2.24, 2.45) is 5.92 Å². The standard InChI is InChI=1S/C9H14N2O/c1-6(2)4-9(12)8-5-7(3)10-11-8/h5-6H,4H2,1-3H3,(H,10,11). The van der Waals surface area contributed by atoms with Crippen LogP contribution in [0.15, 0.2) is 6.07 Å².